The number of rotatable bonds is 4. The van der Waals surface area contributed by atoms with Gasteiger partial charge in [-0.2, -0.15) is 0 Å². The van der Waals surface area contributed by atoms with Crippen LogP contribution in [0.5, 0.6) is 5.75 Å². The minimum atomic E-state index is -0.455. The van der Waals surface area contributed by atoms with Crippen LogP contribution in [0.1, 0.15) is 33.3 Å². The zero-order valence-electron chi connectivity index (χ0n) is 16.3. The van der Waals surface area contributed by atoms with E-state index in [0.29, 0.717) is 32.1 Å². The third-order valence-corrected chi connectivity index (χ3v) is 5.54. The Kier molecular flexibility index (Phi) is 5.33. The van der Waals surface area contributed by atoms with E-state index in [-0.39, 0.29) is 12.3 Å². The maximum atomic E-state index is 12.6. The van der Waals surface area contributed by atoms with Crippen LogP contribution in [-0.2, 0) is 25.3 Å². The van der Waals surface area contributed by atoms with Gasteiger partial charge in [0.25, 0.3) is 0 Å². The zero-order valence-corrected chi connectivity index (χ0v) is 16.3. The molecule has 0 radical (unpaired) electrons. The minimum Gasteiger partial charge on any atom is -0.496 e. The van der Waals surface area contributed by atoms with Crippen molar-refractivity contribution in [2.45, 2.75) is 45.3 Å². The van der Waals surface area contributed by atoms with Gasteiger partial charge in [-0.15, -0.1) is 0 Å². The van der Waals surface area contributed by atoms with Gasteiger partial charge in [0.2, 0.25) is 5.91 Å². The van der Waals surface area contributed by atoms with Crippen LogP contribution in [0.2, 0.25) is 0 Å². The van der Waals surface area contributed by atoms with E-state index in [9.17, 15) is 4.79 Å². The molecule has 0 atom stereocenters. The number of nitrogens with zero attached hydrogens (tertiary/aromatic N) is 1. The van der Waals surface area contributed by atoms with E-state index in [2.05, 4.69) is 0 Å². The van der Waals surface area contributed by atoms with Crippen LogP contribution in [0, 0.1) is 0 Å². The Morgan fingerprint density at radius 2 is 1.77 bits per heavy atom. The van der Waals surface area contributed by atoms with Crippen LogP contribution in [0.3, 0.4) is 0 Å². The van der Waals surface area contributed by atoms with Gasteiger partial charge in [-0.05, 0) is 39.2 Å². The summed E-state index contributed by atoms with van der Waals surface area (Å²) in [4.78, 5) is 14.5. The Morgan fingerprint density at radius 1 is 1.15 bits per heavy atom. The molecule has 6 nitrogen and oxygen atoms in total. The summed E-state index contributed by atoms with van der Waals surface area (Å²) in [5, 5.41) is 0. The highest BCUT2D eigenvalue weighted by Gasteiger charge is 2.51. The summed E-state index contributed by atoms with van der Waals surface area (Å²) in [5.74, 6) is 0.782. The molecule has 0 spiro atoms. The molecular weight excluding hydrogens is 333 g/mol. The van der Waals surface area contributed by atoms with Crippen LogP contribution in [0.4, 0.5) is 0 Å². The van der Waals surface area contributed by atoms with Crippen molar-refractivity contribution < 1.29 is 23.6 Å². The highest BCUT2D eigenvalue weighted by molar-refractivity contribution is 6.62. The fourth-order valence-corrected chi connectivity index (χ4v) is 3.15. The molecule has 1 aromatic rings. The van der Waals surface area contributed by atoms with Crippen molar-refractivity contribution in [2.24, 2.45) is 0 Å². The molecule has 2 fully saturated rings. The molecule has 2 aliphatic rings. The van der Waals surface area contributed by atoms with Crippen LogP contribution >= 0.6 is 0 Å². The second-order valence-electron chi connectivity index (χ2n) is 7.83. The molecule has 2 saturated heterocycles. The first-order chi connectivity index (χ1) is 12.2. The number of amides is 1. The summed E-state index contributed by atoms with van der Waals surface area (Å²) in [7, 11) is 1.16. The van der Waals surface area contributed by atoms with Gasteiger partial charge < -0.3 is 23.7 Å². The Labute approximate surface area is 155 Å². The number of hydrogen-bond donors (Lipinski definition) is 0. The van der Waals surface area contributed by atoms with Crippen molar-refractivity contribution in [2.75, 3.05) is 33.4 Å². The van der Waals surface area contributed by atoms with Crippen LogP contribution in [-0.4, -0.2) is 62.5 Å². The van der Waals surface area contributed by atoms with Gasteiger partial charge in [-0.1, -0.05) is 12.1 Å². The predicted molar refractivity (Wildman–Crippen MR) is 99.8 cm³/mol. The molecule has 3 rings (SSSR count). The molecule has 7 heteroatoms. The highest BCUT2D eigenvalue weighted by Crippen LogP contribution is 2.36. The van der Waals surface area contributed by atoms with Gasteiger partial charge in [0.15, 0.2) is 0 Å². The van der Waals surface area contributed by atoms with Crippen molar-refractivity contribution >= 4 is 18.5 Å². The van der Waals surface area contributed by atoms with Gasteiger partial charge >= 0.3 is 7.12 Å². The number of carbonyl (C=O) groups excluding carboxylic acids is 1. The summed E-state index contributed by atoms with van der Waals surface area (Å²) in [6, 6.07) is 5.77. The van der Waals surface area contributed by atoms with Gasteiger partial charge in [0.1, 0.15) is 5.75 Å². The minimum absolute atomic E-state index is 0.0812. The summed E-state index contributed by atoms with van der Waals surface area (Å²) < 4.78 is 23.0. The SMILES string of the molecule is COc1ccc(B2OC(C)(C)C(C)(C)O2)cc1CC(=O)N1CCOCC1. The van der Waals surface area contributed by atoms with Crippen molar-refractivity contribution in [3.63, 3.8) is 0 Å². The lowest BCUT2D eigenvalue weighted by Crippen LogP contribution is -2.41. The van der Waals surface area contributed by atoms with Crippen LogP contribution in [0.25, 0.3) is 0 Å². The Bertz CT molecular complexity index is 654. The third kappa shape index (κ3) is 3.75. The predicted octanol–water partition coefficient (Wildman–Crippen LogP) is 1.40. The highest BCUT2D eigenvalue weighted by atomic mass is 16.7. The maximum absolute atomic E-state index is 12.6. The Balaban J connectivity index is 1.80. The molecule has 142 valence electrons. The molecule has 26 heavy (non-hydrogen) atoms. The van der Waals surface area contributed by atoms with Gasteiger partial charge in [-0.3, -0.25) is 4.79 Å². The standard InChI is InChI=1S/C19H28BNO5/c1-18(2)19(3,4)26-20(25-18)15-6-7-16(23-5)14(12-15)13-17(22)21-8-10-24-11-9-21/h6-7,12H,8-11,13H2,1-5H3. The molecule has 2 aliphatic heterocycles. The fourth-order valence-electron chi connectivity index (χ4n) is 3.15. The van der Waals surface area contributed by atoms with Gasteiger partial charge in [0, 0.05) is 18.7 Å². The number of methoxy groups -OCH3 is 1. The molecule has 0 aromatic heterocycles. The molecule has 1 amide bonds. The Morgan fingerprint density at radius 3 is 2.35 bits per heavy atom. The lowest BCUT2D eigenvalue weighted by atomic mass is 9.78. The number of ether oxygens (including phenoxy) is 2. The molecule has 2 heterocycles. The van der Waals surface area contributed by atoms with E-state index < -0.39 is 18.3 Å². The zero-order chi connectivity index (χ0) is 18.9. The lowest BCUT2D eigenvalue weighted by Gasteiger charge is -2.32. The molecule has 1 aromatic carbocycles. The monoisotopic (exact) mass is 361 g/mol. The summed E-state index contributed by atoms with van der Waals surface area (Å²) >= 11 is 0. The average molecular weight is 361 g/mol. The molecular formula is C19H28BNO5. The molecule has 0 N–H and O–H groups in total. The van der Waals surface area contributed by atoms with Crippen LogP contribution < -0.4 is 10.2 Å². The summed E-state index contributed by atoms with van der Waals surface area (Å²) in [5.41, 5.74) is 0.938. The maximum Gasteiger partial charge on any atom is 0.494 e. The van der Waals surface area contributed by atoms with E-state index in [1.807, 2.05) is 50.8 Å². The van der Waals surface area contributed by atoms with Crippen molar-refractivity contribution in [1.82, 2.24) is 4.90 Å². The molecule has 0 aliphatic carbocycles. The second-order valence-corrected chi connectivity index (χ2v) is 7.83. The number of hydrogen-bond acceptors (Lipinski definition) is 5. The van der Waals surface area contributed by atoms with Crippen molar-refractivity contribution in [3.8, 4) is 5.75 Å². The van der Waals surface area contributed by atoms with E-state index in [1.54, 1.807) is 7.11 Å². The largest absolute Gasteiger partial charge is 0.496 e. The normalized spacial score (nSPS) is 21.7. The number of carbonyl (C=O) groups is 1. The molecule has 0 saturated carbocycles. The summed E-state index contributed by atoms with van der Waals surface area (Å²) in [6.45, 7) is 10.6. The van der Waals surface area contributed by atoms with E-state index in [4.69, 9.17) is 18.8 Å². The average Bonchev–Trinajstić information content (AvgIpc) is 2.83. The van der Waals surface area contributed by atoms with Gasteiger partial charge in [-0.25, -0.2) is 0 Å². The number of benzene rings is 1. The first kappa shape index (κ1) is 19.2. The first-order valence-corrected chi connectivity index (χ1v) is 9.11. The van der Waals surface area contributed by atoms with Crippen molar-refractivity contribution in [1.29, 1.82) is 0 Å². The second kappa shape index (κ2) is 7.21. The van der Waals surface area contributed by atoms with Crippen LogP contribution in [0.15, 0.2) is 18.2 Å². The smallest absolute Gasteiger partial charge is 0.494 e. The molecule has 0 unspecified atom stereocenters. The third-order valence-electron chi connectivity index (χ3n) is 5.54. The summed E-state index contributed by atoms with van der Waals surface area (Å²) in [6.07, 6.45) is 0.288. The quantitative estimate of drug-likeness (QED) is 0.759. The first-order valence-electron chi connectivity index (χ1n) is 9.11. The van der Waals surface area contributed by atoms with Crippen molar-refractivity contribution in [3.05, 3.63) is 23.8 Å². The topological polar surface area (TPSA) is 57.2 Å². The Hall–Kier alpha value is -1.57. The lowest BCUT2D eigenvalue weighted by molar-refractivity contribution is -0.134. The fraction of sp³-hybridized carbons (Fsp3) is 0.632. The van der Waals surface area contributed by atoms with E-state index in [0.717, 1.165) is 11.0 Å². The van der Waals surface area contributed by atoms with E-state index >= 15 is 0 Å². The van der Waals surface area contributed by atoms with Gasteiger partial charge in [0.05, 0.1) is 37.9 Å². The number of morpholine rings is 1. The molecule has 0 bridgehead atoms. The van der Waals surface area contributed by atoms with E-state index in [1.165, 1.54) is 0 Å².